The summed E-state index contributed by atoms with van der Waals surface area (Å²) in [5, 5.41) is 14.7. The number of hydrogen-bond acceptors (Lipinski definition) is 7. The predicted molar refractivity (Wildman–Crippen MR) is 103 cm³/mol. The van der Waals surface area contributed by atoms with Crippen LogP contribution in [0.1, 0.15) is 5.56 Å². The molecule has 0 unspecified atom stereocenters. The molecule has 0 fully saturated rings. The summed E-state index contributed by atoms with van der Waals surface area (Å²) in [6, 6.07) is 16.1. The van der Waals surface area contributed by atoms with E-state index in [0.29, 0.717) is 5.16 Å². The van der Waals surface area contributed by atoms with E-state index in [1.807, 2.05) is 60.8 Å². The Kier molecular flexibility index (Phi) is 4.56. The molecule has 0 amide bonds. The van der Waals surface area contributed by atoms with Crippen LogP contribution < -0.4 is 0 Å². The number of benzene rings is 2. The van der Waals surface area contributed by atoms with E-state index in [9.17, 15) is 0 Å². The van der Waals surface area contributed by atoms with Crippen LogP contribution in [-0.2, 0) is 0 Å². The van der Waals surface area contributed by atoms with Crippen molar-refractivity contribution in [1.29, 1.82) is 0 Å². The van der Waals surface area contributed by atoms with E-state index < -0.39 is 0 Å². The number of aromatic nitrogens is 5. The lowest BCUT2D eigenvalue weighted by Gasteiger charge is -2.06. The molecule has 0 atom stereocenters. The zero-order chi connectivity index (χ0) is 17.2. The Morgan fingerprint density at radius 2 is 1.96 bits per heavy atom. The van der Waals surface area contributed by atoms with Gasteiger partial charge in [-0.2, -0.15) is 4.68 Å². The van der Waals surface area contributed by atoms with Crippen LogP contribution in [-0.4, -0.2) is 25.2 Å². The molecule has 2 aromatic carbocycles. The number of hydrogen-bond donors (Lipinski definition) is 1. The molecular weight excluding hydrogens is 370 g/mol. The van der Waals surface area contributed by atoms with Gasteiger partial charge in [0.05, 0.1) is 11.4 Å². The molecule has 0 aliphatic carbocycles. The second kappa shape index (κ2) is 6.99. The molecular formula is C17H13N5S3. The van der Waals surface area contributed by atoms with Gasteiger partial charge in [0.2, 0.25) is 5.16 Å². The fourth-order valence-electron chi connectivity index (χ4n) is 2.33. The maximum atomic E-state index is 4.68. The van der Waals surface area contributed by atoms with Crippen molar-refractivity contribution in [2.75, 3.05) is 0 Å². The summed E-state index contributed by atoms with van der Waals surface area (Å²) in [7, 11) is 0. The Balaban J connectivity index is 1.63. The molecule has 0 aliphatic rings. The van der Waals surface area contributed by atoms with Crippen molar-refractivity contribution in [3.63, 3.8) is 0 Å². The van der Waals surface area contributed by atoms with Gasteiger partial charge in [-0.3, -0.25) is 0 Å². The van der Waals surface area contributed by atoms with Gasteiger partial charge in [-0.1, -0.05) is 36.4 Å². The summed E-state index contributed by atoms with van der Waals surface area (Å²) in [5.41, 5.74) is 4.04. The minimum Gasteiger partial charge on any atom is -0.229 e. The van der Waals surface area contributed by atoms with Crippen molar-refractivity contribution in [3.8, 4) is 16.9 Å². The standard InChI is InChI=1S/C17H13N5S3/c1-11-7-8-14(15(23)9-11)22-16(19-20-21-22)25-17-18-13(10-24-17)12-5-3-2-4-6-12/h2-10,23H,1H3. The largest absolute Gasteiger partial charge is 0.229 e. The van der Waals surface area contributed by atoms with Gasteiger partial charge in [0, 0.05) is 15.8 Å². The van der Waals surface area contributed by atoms with Crippen molar-refractivity contribution < 1.29 is 0 Å². The Morgan fingerprint density at radius 3 is 2.76 bits per heavy atom. The quantitative estimate of drug-likeness (QED) is 0.525. The van der Waals surface area contributed by atoms with Gasteiger partial charge in [0.1, 0.15) is 0 Å². The molecule has 4 rings (SSSR count). The first-order chi connectivity index (χ1) is 12.2. The predicted octanol–water partition coefficient (Wildman–Crippen LogP) is 4.53. The van der Waals surface area contributed by atoms with Crippen LogP contribution in [0.15, 0.2) is 68.3 Å². The number of thiazole rings is 1. The summed E-state index contributed by atoms with van der Waals surface area (Å²) >= 11 is 7.56. The minimum absolute atomic E-state index is 0.660. The fourth-order valence-corrected chi connectivity index (χ4v) is 4.41. The van der Waals surface area contributed by atoms with Gasteiger partial charge in [-0.25, -0.2) is 4.98 Å². The van der Waals surface area contributed by atoms with E-state index in [4.69, 9.17) is 0 Å². The highest BCUT2D eigenvalue weighted by atomic mass is 32.2. The third kappa shape index (κ3) is 3.46. The Bertz CT molecular complexity index is 1010. The normalized spacial score (nSPS) is 11.0. The third-order valence-electron chi connectivity index (χ3n) is 3.53. The number of nitrogens with zero attached hydrogens (tertiary/aromatic N) is 5. The molecule has 0 spiro atoms. The molecule has 124 valence electrons. The first-order valence-electron chi connectivity index (χ1n) is 7.48. The molecule has 8 heteroatoms. The van der Waals surface area contributed by atoms with Gasteiger partial charge in [0.25, 0.3) is 0 Å². The average Bonchev–Trinajstić information content (AvgIpc) is 3.26. The molecule has 0 saturated carbocycles. The molecule has 2 aromatic heterocycles. The lowest BCUT2D eigenvalue weighted by Crippen LogP contribution is -2.00. The molecule has 25 heavy (non-hydrogen) atoms. The van der Waals surface area contributed by atoms with Gasteiger partial charge in [-0.05, 0) is 46.8 Å². The lowest BCUT2D eigenvalue weighted by atomic mass is 10.2. The minimum atomic E-state index is 0.660. The zero-order valence-corrected chi connectivity index (χ0v) is 15.7. The Morgan fingerprint density at radius 1 is 1.12 bits per heavy atom. The van der Waals surface area contributed by atoms with Crippen molar-refractivity contribution in [2.24, 2.45) is 0 Å². The van der Waals surface area contributed by atoms with E-state index >= 15 is 0 Å². The second-order valence-electron chi connectivity index (χ2n) is 5.33. The van der Waals surface area contributed by atoms with Crippen molar-refractivity contribution >= 4 is 35.7 Å². The van der Waals surface area contributed by atoms with E-state index in [1.54, 1.807) is 16.0 Å². The van der Waals surface area contributed by atoms with Crippen LogP contribution in [0.4, 0.5) is 0 Å². The topological polar surface area (TPSA) is 56.5 Å². The highest BCUT2D eigenvalue weighted by Crippen LogP contribution is 2.33. The van der Waals surface area contributed by atoms with E-state index in [-0.39, 0.29) is 0 Å². The SMILES string of the molecule is Cc1ccc(-n2nnnc2Sc2nc(-c3ccccc3)cs2)c(S)c1. The first kappa shape index (κ1) is 16.3. The summed E-state index contributed by atoms with van der Waals surface area (Å²) < 4.78 is 2.58. The second-order valence-corrected chi connectivity index (χ2v) is 7.89. The Hall–Kier alpha value is -2.16. The van der Waals surface area contributed by atoms with Crippen LogP contribution in [0, 0.1) is 6.92 Å². The van der Waals surface area contributed by atoms with E-state index in [0.717, 1.165) is 31.7 Å². The molecule has 5 nitrogen and oxygen atoms in total. The highest BCUT2D eigenvalue weighted by Gasteiger charge is 2.15. The number of tetrazole rings is 1. The monoisotopic (exact) mass is 383 g/mol. The van der Waals surface area contributed by atoms with Crippen LogP contribution >= 0.6 is 35.7 Å². The van der Waals surface area contributed by atoms with Crippen LogP contribution in [0.2, 0.25) is 0 Å². The zero-order valence-electron chi connectivity index (χ0n) is 13.2. The smallest absolute Gasteiger partial charge is 0.221 e. The lowest BCUT2D eigenvalue weighted by molar-refractivity contribution is 0.744. The Labute approximate surface area is 158 Å². The maximum absolute atomic E-state index is 4.68. The molecule has 4 aromatic rings. The van der Waals surface area contributed by atoms with Crippen molar-refractivity contribution in [1.82, 2.24) is 25.2 Å². The summed E-state index contributed by atoms with van der Waals surface area (Å²) in [5.74, 6) is 0. The van der Waals surface area contributed by atoms with Gasteiger partial charge < -0.3 is 0 Å². The average molecular weight is 384 g/mol. The molecule has 0 saturated heterocycles. The number of rotatable bonds is 4. The fraction of sp³-hybridized carbons (Fsp3) is 0.0588. The third-order valence-corrected chi connectivity index (χ3v) is 5.77. The van der Waals surface area contributed by atoms with Crippen molar-refractivity contribution in [3.05, 3.63) is 59.5 Å². The van der Waals surface area contributed by atoms with Crippen LogP contribution in [0.3, 0.4) is 0 Å². The van der Waals surface area contributed by atoms with Gasteiger partial charge in [0.15, 0.2) is 4.34 Å². The van der Waals surface area contributed by atoms with Crippen LogP contribution in [0.25, 0.3) is 16.9 Å². The summed E-state index contributed by atoms with van der Waals surface area (Å²) in [6.45, 7) is 2.03. The first-order valence-corrected chi connectivity index (χ1v) is 9.62. The highest BCUT2D eigenvalue weighted by molar-refractivity contribution is 8.00. The molecule has 0 radical (unpaired) electrons. The molecule has 0 N–H and O–H groups in total. The summed E-state index contributed by atoms with van der Waals surface area (Å²) in [6.07, 6.45) is 0. The van der Waals surface area contributed by atoms with Gasteiger partial charge >= 0.3 is 0 Å². The summed E-state index contributed by atoms with van der Waals surface area (Å²) in [4.78, 5) is 5.51. The van der Waals surface area contributed by atoms with Gasteiger partial charge in [-0.15, -0.1) is 29.1 Å². The maximum Gasteiger partial charge on any atom is 0.221 e. The molecule has 2 heterocycles. The number of aryl methyl sites for hydroxylation is 1. The number of thiol groups is 1. The van der Waals surface area contributed by atoms with Crippen molar-refractivity contribution in [2.45, 2.75) is 21.3 Å². The van der Waals surface area contributed by atoms with Crippen LogP contribution in [0.5, 0.6) is 0 Å². The van der Waals surface area contributed by atoms with E-state index in [2.05, 4.69) is 33.1 Å². The molecule has 0 bridgehead atoms. The van der Waals surface area contributed by atoms with E-state index in [1.165, 1.54) is 11.8 Å². The molecule has 0 aliphatic heterocycles.